The van der Waals surface area contributed by atoms with Crippen LogP contribution in [0, 0.1) is 0 Å². The lowest BCUT2D eigenvalue weighted by Crippen LogP contribution is -2.07. The van der Waals surface area contributed by atoms with Gasteiger partial charge in [0.05, 0.1) is 0 Å². The summed E-state index contributed by atoms with van der Waals surface area (Å²) < 4.78 is 0. The first-order chi connectivity index (χ1) is 6.61. The molecule has 4 heteroatoms. The van der Waals surface area contributed by atoms with E-state index in [0.717, 1.165) is 0 Å². The van der Waals surface area contributed by atoms with Crippen LogP contribution in [-0.2, 0) is 4.79 Å². The highest BCUT2D eigenvalue weighted by atomic mass is 35.5. The van der Waals surface area contributed by atoms with Gasteiger partial charge in [-0.15, -0.1) is 5.73 Å². The molecule has 0 saturated carbocycles. The highest BCUT2D eigenvalue weighted by molar-refractivity contribution is 6.35. The molecular formula is C10H7Cl2NO. The van der Waals surface area contributed by atoms with Crippen LogP contribution in [0.15, 0.2) is 36.6 Å². The zero-order chi connectivity index (χ0) is 10.6. The van der Waals surface area contributed by atoms with Crippen molar-refractivity contribution in [2.24, 2.45) is 0 Å². The molecule has 0 aromatic heterocycles. The first-order valence-corrected chi connectivity index (χ1v) is 4.50. The molecule has 0 heterocycles. The summed E-state index contributed by atoms with van der Waals surface area (Å²) in [6, 6.07) is 4.78. The van der Waals surface area contributed by atoms with Gasteiger partial charge in [-0.1, -0.05) is 29.8 Å². The SMILES string of the molecule is C=C=CC(=O)Nc1cc(Cl)cc(Cl)c1. The predicted octanol–water partition coefficient (Wildman–Crippen LogP) is 3.27. The molecule has 0 saturated heterocycles. The van der Waals surface area contributed by atoms with E-state index in [-0.39, 0.29) is 5.91 Å². The zero-order valence-corrected chi connectivity index (χ0v) is 8.69. The summed E-state index contributed by atoms with van der Waals surface area (Å²) in [5.74, 6) is -0.321. The van der Waals surface area contributed by atoms with Gasteiger partial charge < -0.3 is 5.32 Å². The van der Waals surface area contributed by atoms with E-state index >= 15 is 0 Å². The number of nitrogens with one attached hydrogen (secondary N) is 1. The summed E-state index contributed by atoms with van der Waals surface area (Å²) in [4.78, 5) is 11.1. The van der Waals surface area contributed by atoms with Crippen molar-refractivity contribution < 1.29 is 4.79 Å². The molecule has 0 atom stereocenters. The highest BCUT2D eigenvalue weighted by Crippen LogP contribution is 2.22. The first-order valence-electron chi connectivity index (χ1n) is 3.75. The minimum atomic E-state index is -0.321. The van der Waals surface area contributed by atoms with Crippen molar-refractivity contribution in [1.29, 1.82) is 0 Å². The van der Waals surface area contributed by atoms with Crippen LogP contribution >= 0.6 is 23.2 Å². The van der Waals surface area contributed by atoms with Crippen LogP contribution in [0.5, 0.6) is 0 Å². The summed E-state index contributed by atoms with van der Waals surface area (Å²) in [5, 5.41) is 3.49. The van der Waals surface area contributed by atoms with Gasteiger partial charge >= 0.3 is 0 Å². The second-order valence-electron chi connectivity index (χ2n) is 2.50. The van der Waals surface area contributed by atoms with Crippen molar-refractivity contribution in [1.82, 2.24) is 0 Å². The Balaban J connectivity index is 2.86. The molecule has 0 spiro atoms. The van der Waals surface area contributed by atoms with E-state index in [1.807, 2.05) is 0 Å². The molecule has 1 aromatic rings. The Bertz CT molecular complexity index is 388. The molecule has 1 amide bonds. The average Bonchev–Trinajstić information content (AvgIpc) is 2.01. The Hall–Kier alpha value is -1.21. The molecule has 1 N–H and O–H groups in total. The van der Waals surface area contributed by atoms with Crippen molar-refractivity contribution in [2.75, 3.05) is 5.32 Å². The second-order valence-corrected chi connectivity index (χ2v) is 3.37. The Kier molecular flexibility index (Phi) is 3.78. The van der Waals surface area contributed by atoms with Crippen LogP contribution in [-0.4, -0.2) is 5.91 Å². The fraction of sp³-hybridized carbons (Fsp3) is 0. The van der Waals surface area contributed by atoms with E-state index in [9.17, 15) is 4.79 Å². The fourth-order valence-electron chi connectivity index (χ4n) is 0.897. The topological polar surface area (TPSA) is 29.1 Å². The van der Waals surface area contributed by atoms with Gasteiger partial charge in [0.2, 0.25) is 0 Å². The van der Waals surface area contributed by atoms with Crippen LogP contribution in [0.25, 0.3) is 0 Å². The average molecular weight is 228 g/mol. The van der Waals surface area contributed by atoms with E-state index in [4.69, 9.17) is 23.2 Å². The molecule has 2 nitrogen and oxygen atoms in total. The zero-order valence-electron chi connectivity index (χ0n) is 7.18. The van der Waals surface area contributed by atoms with Crippen LogP contribution in [0.1, 0.15) is 0 Å². The minimum absolute atomic E-state index is 0.321. The van der Waals surface area contributed by atoms with Gasteiger partial charge in [-0.05, 0) is 18.2 Å². The number of carbonyl (C=O) groups excluding carboxylic acids is 1. The van der Waals surface area contributed by atoms with Crippen molar-refractivity contribution >= 4 is 34.8 Å². The van der Waals surface area contributed by atoms with E-state index in [1.165, 1.54) is 6.08 Å². The van der Waals surface area contributed by atoms with E-state index < -0.39 is 0 Å². The van der Waals surface area contributed by atoms with Crippen LogP contribution in [0.4, 0.5) is 5.69 Å². The number of benzene rings is 1. The van der Waals surface area contributed by atoms with Gasteiger partial charge in [-0.3, -0.25) is 4.79 Å². The number of hydrogen-bond donors (Lipinski definition) is 1. The molecule has 0 unspecified atom stereocenters. The van der Waals surface area contributed by atoms with Gasteiger partial charge in [0.1, 0.15) is 0 Å². The molecule has 14 heavy (non-hydrogen) atoms. The van der Waals surface area contributed by atoms with Gasteiger partial charge in [-0.25, -0.2) is 0 Å². The van der Waals surface area contributed by atoms with Gasteiger partial charge in [0, 0.05) is 21.8 Å². The third kappa shape index (κ3) is 3.27. The Morgan fingerprint density at radius 2 is 1.93 bits per heavy atom. The maximum absolute atomic E-state index is 11.1. The smallest absolute Gasteiger partial charge is 0.256 e. The molecule has 0 aliphatic carbocycles. The number of amides is 1. The van der Waals surface area contributed by atoms with Crippen molar-refractivity contribution in [2.45, 2.75) is 0 Å². The van der Waals surface area contributed by atoms with E-state index in [2.05, 4.69) is 17.6 Å². The molecule has 1 rings (SSSR count). The second kappa shape index (κ2) is 4.87. The lowest BCUT2D eigenvalue weighted by molar-refractivity contribution is -0.111. The number of rotatable bonds is 2. The molecule has 0 fully saturated rings. The summed E-state index contributed by atoms with van der Waals surface area (Å²) >= 11 is 11.5. The molecule has 72 valence electrons. The van der Waals surface area contributed by atoms with Crippen LogP contribution < -0.4 is 5.32 Å². The summed E-state index contributed by atoms with van der Waals surface area (Å²) in [6.07, 6.45) is 1.19. The van der Waals surface area contributed by atoms with Gasteiger partial charge in [-0.2, -0.15) is 0 Å². The minimum Gasteiger partial charge on any atom is -0.322 e. The molecule has 0 aliphatic heterocycles. The van der Waals surface area contributed by atoms with Crippen LogP contribution in [0.3, 0.4) is 0 Å². The fourth-order valence-corrected chi connectivity index (χ4v) is 1.42. The first kappa shape index (κ1) is 10.9. The third-order valence-corrected chi connectivity index (χ3v) is 1.80. The number of carbonyl (C=O) groups is 1. The maximum Gasteiger partial charge on any atom is 0.256 e. The molecule has 0 bridgehead atoms. The lowest BCUT2D eigenvalue weighted by atomic mass is 10.3. The van der Waals surface area contributed by atoms with E-state index in [0.29, 0.717) is 15.7 Å². The monoisotopic (exact) mass is 227 g/mol. The Labute approximate surface area is 91.8 Å². The van der Waals surface area contributed by atoms with E-state index in [1.54, 1.807) is 18.2 Å². The molecule has 0 radical (unpaired) electrons. The Morgan fingerprint density at radius 1 is 1.36 bits per heavy atom. The number of halogens is 2. The summed E-state index contributed by atoms with van der Waals surface area (Å²) in [5.41, 5.74) is 2.90. The Morgan fingerprint density at radius 3 is 2.43 bits per heavy atom. The van der Waals surface area contributed by atoms with Gasteiger partial charge in [0.15, 0.2) is 0 Å². The largest absolute Gasteiger partial charge is 0.322 e. The third-order valence-electron chi connectivity index (χ3n) is 1.36. The van der Waals surface area contributed by atoms with Crippen molar-refractivity contribution in [3.8, 4) is 0 Å². The lowest BCUT2D eigenvalue weighted by Gasteiger charge is -2.02. The molecule has 0 aliphatic rings. The van der Waals surface area contributed by atoms with Gasteiger partial charge in [0.25, 0.3) is 5.91 Å². The normalized spacial score (nSPS) is 9.00. The number of anilines is 1. The standard InChI is InChI=1S/C10H7Cl2NO/c1-2-3-10(14)13-9-5-7(11)4-8(12)6-9/h3-6H,1H2,(H,13,14). The molecular weight excluding hydrogens is 221 g/mol. The van der Waals surface area contributed by atoms with Crippen molar-refractivity contribution in [3.63, 3.8) is 0 Å². The summed E-state index contributed by atoms with van der Waals surface area (Å²) in [7, 11) is 0. The predicted molar refractivity (Wildman–Crippen MR) is 58.8 cm³/mol. The molecule has 1 aromatic carbocycles. The summed E-state index contributed by atoms with van der Waals surface area (Å²) in [6.45, 7) is 3.28. The van der Waals surface area contributed by atoms with Crippen LogP contribution in [0.2, 0.25) is 10.0 Å². The maximum atomic E-state index is 11.1. The highest BCUT2D eigenvalue weighted by Gasteiger charge is 2.00. The quantitative estimate of drug-likeness (QED) is 0.610. The number of hydrogen-bond acceptors (Lipinski definition) is 1. The van der Waals surface area contributed by atoms with Crippen molar-refractivity contribution in [3.05, 3.63) is 46.6 Å².